The van der Waals surface area contributed by atoms with Gasteiger partial charge in [-0.3, -0.25) is 9.59 Å². The molecule has 0 spiro atoms. The number of nitrogens with one attached hydrogen (secondary N) is 1. The lowest BCUT2D eigenvalue weighted by atomic mass is 10.1. The summed E-state index contributed by atoms with van der Waals surface area (Å²) in [6, 6.07) is 10.5. The highest BCUT2D eigenvalue weighted by Gasteiger charge is 2.47. The standard InChI is InChI=1S/C18H24N2O3/c21-16-12-17-20(16)13-15(23-17)18(22)19-11-7-2-1-4-8-14-9-5-3-6-10-14/h3,5-6,9-10,15,17H,1-2,4,7-8,11-13H2,(H,19,22)/t15-,17+/m1/s1. The number of benzene rings is 1. The maximum atomic E-state index is 12.0. The van der Waals surface area contributed by atoms with E-state index in [-0.39, 0.29) is 18.0 Å². The Kier molecular flexibility index (Phi) is 5.28. The van der Waals surface area contributed by atoms with E-state index in [1.54, 1.807) is 4.90 Å². The fraction of sp³-hybridized carbons (Fsp3) is 0.556. The van der Waals surface area contributed by atoms with E-state index in [2.05, 4.69) is 29.6 Å². The van der Waals surface area contributed by atoms with Crippen molar-refractivity contribution in [3.8, 4) is 0 Å². The molecule has 0 unspecified atom stereocenters. The van der Waals surface area contributed by atoms with E-state index in [1.165, 1.54) is 18.4 Å². The Morgan fingerprint density at radius 3 is 2.70 bits per heavy atom. The van der Waals surface area contributed by atoms with Crippen LogP contribution >= 0.6 is 0 Å². The molecular weight excluding hydrogens is 292 g/mol. The molecule has 0 saturated carbocycles. The third kappa shape index (κ3) is 4.10. The lowest BCUT2D eigenvalue weighted by Crippen LogP contribution is -2.48. The first-order valence-electron chi connectivity index (χ1n) is 8.50. The number of carbonyl (C=O) groups is 2. The number of unbranched alkanes of at least 4 members (excludes halogenated alkanes) is 3. The van der Waals surface area contributed by atoms with Gasteiger partial charge in [0.25, 0.3) is 5.91 Å². The average molecular weight is 316 g/mol. The SMILES string of the molecule is O=C(NCCCCCCc1ccccc1)[C@H]1CN2C(=O)C[C@@H]2O1. The van der Waals surface area contributed by atoms with Crippen LogP contribution in [0.1, 0.15) is 37.7 Å². The summed E-state index contributed by atoms with van der Waals surface area (Å²) in [4.78, 5) is 24.9. The number of hydrogen-bond donors (Lipinski definition) is 1. The van der Waals surface area contributed by atoms with Crippen molar-refractivity contribution in [3.63, 3.8) is 0 Å². The second-order valence-corrected chi connectivity index (χ2v) is 6.27. The average Bonchev–Trinajstić information content (AvgIpc) is 2.92. The largest absolute Gasteiger partial charge is 0.354 e. The van der Waals surface area contributed by atoms with Crippen molar-refractivity contribution in [2.75, 3.05) is 13.1 Å². The van der Waals surface area contributed by atoms with Gasteiger partial charge in [-0.25, -0.2) is 0 Å². The van der Waals surface area contributed by atoms with Gasteiger partial charge < -0.3 is 15.0 Å². The number of carbonyl (C=O) groups excluding carboxylic acids is 2. The molecule has 2 amide bonds. The number of β-lactam (4-membered cyclic amide) rings is 1. The maximum Gasteiger partial charge on any atom is 0.251 e. The first-order valence-corrected chi connectivity index (χ1v) is 8.50. The third-order valence-electron chi connectivity index (χ3n) is 4.53. The van der Waals surface area contributed by atoms with Crippen LogP contribution in [0, 0.1) is 0 Å². The zero-order valence-corrected chi connectivity index (χ0v) is 13.4. The summed E-state index contributed by atoms with van der Waals surface area (Å²) in [5.74, 6) is 0.000187. The quantitative estimate of drug-likeness (QED) is 0.588. The van der Waals surface area contributed by atoms with Crippen molar-refractivity contribution in [3.05, 3.63) is 35.9 Å². The monoisotopic (exact) mass is 316 g/mol. The Labute approximate surface area is 137 Å². The molecule has 2 fully saturated rings. The van der Waals surface area contributed by atoms with Gasteiger partial charge in [0.1, 0.15) is 6.23 Å². The van der Waals surface area contributed by atoms with Gasteiger partial charge >= 0.3 is 0 Å². The molecule has 1 aromatic rings. The van der Waals surface area contributed by atoms with Crippen LogP contribution in [0.2, 0.25) is 0 Å². The topological polar surface area (TPSA) is 58.6 Å². The molecule has 1 N–H and O–H groups in total. The van der Waals surface area contributed by atoms with Crippen molar-refractivity contribution in [1.29, 1.82) is 0 Å². The summed E-state index contributed by atoms with van der Waals surface area (Å²) in [6.45, 7) is 1.09. The number of amides is 2. The molecule has 23 heavy (non-hydrogen) atoms. The molecule has 3 rings (SSSR count). The second-order valence-electron chi connectivity index (χ2n) is 6.27. The Hall–Kier alpha value is -1.88. The van der Waals surface area contributed by atoms with Crippen LogP contribution in [0.5, 0.6) is 0 Å². The van der Waals surface area contributed by atoms with Crippen LogP contribution in [0.4, 0.5) is 0 Å². The van der Waals surface area contributed by atoms with Gasteiger partial charge in [-0.15, -0.1) is 0 Å². The zero-order chi connectivity index (χ0) is 16.1. The van der Waals surface area contributed by atoms with Crippen LogP contribution in [0.3, 0.4) is 0 Å². The number of nitrogens with zero attached hydrogens (tertiary/aromatic N) is 1. The molecule has 2 saturated heterocycles. The second kappa shape index (κ2) is 7.59. The molecule has 0 radical (unpaired) electrons. The minimum atomic E-state index is -0.482. The smallest absolute Gasteiger partial charge is 0.251 e. The van der Waals surface area contributed by atoms with Gasteiger partial charge in [0.2, 0.25) is 5.91 Å². The molecule has 1 aromatic carbocycles. The van der Waals surface area contributed by atoms with E-state index >= 15 is 0 Å². The van der Waals surface area contributed by atoms with Crippen LogP contribution in [-0.2, 0) is 20.7 Å². The molecule has 2 aliphatic heterocycles. The van der Waals surface area contributed by atoms with Crippen LogP contribution in [-0.4, -0.2) is 42.1 Å². The van der Waals surface area contributed by atoms with Crippen LogP contribution in [0.15, 0.2) is 30.3 Å². The minimum Gasteiger partial charge on any atom is -0.354 e. The van der Waals surface area contributed by atoms with E-state index < -0.39 is 6.10 Å². The van der Waals surface area contributed by atoms with E-state index in [4.69, 9.17) is 4.74 Å². The molecule has 2 aliphatic rings. The van der Waals surface area contributed by atoms with E-state index in [0.717, 1.165) is 19.3 Å². The van der Waals surface area contributed by atoms with Crippen molar-refractivity contribution < 1.29 is 14.3 Å². The molecule has 5 nitrogen and oxygen atoms in total. The Balaban J connectivity index is 1.22. The molecule has 5 heteroatoms. The van der Waals surface area contributed by atoms with E-state index in [0.29, 0.717) is 19.5 Å². The first kappa shape index (κ1) is 16.0. The minimum absolute atomic E-state index is 0.0866. The van der Waals surface area contributed by atoms with E-state index in [9.17, 15) is 9.59 Å². The van der Waals surface area contributed by atoms with Gasteiger partial charge in [0.15, 0.2) is 6.10 Å². The Bertz CT molecular complexity index is 546. The summed E-state index contributed by atoms with van der Waals surface area (Å²) in [7, 11) is 0. The van der Waals surface area contributed by atoms with Gasteiger partial charge in [0.05, 0.1) is 13.0 Å². The normalized spacial score (nSPS) is 22.6. The predicted molar refractivity (Wildman–Crippen MR) is 86.6 cm³/mol. The highest BCUT2D eigenvalue weighted by Crippen LogP contribution is 2.28. The van der Waals surface area contributed by atoms with Crippen molar-refractivity contribution in [1.82, 2.24) is 10.2 Å². The number of aryl methyl sites for hydroxylation is 1. The van der Waals surface area contributed by atoms with Crippen LogP contribution in [0.25, 0.3) is 0 Å². The van der Waals surface area contributed by atoms with Gasteiger partial charge in [-0.05, 0) is 24.8 Å². The fourth-order valence-electron chi connectivity index (χ4n) is 3.10. The fourth-order valence-corrected chi connectivity index (χ4v) is 3.10. The first-order chi connectivity index (χ1) is 11.2. The van der Waals surface area contributed by atoms with Crippen molar-refractivity contribution in [2.24, 2.45) is 0 Å². The molecular formula is C18H24N2O3. The predicted octanol–water partition coefficient (Wildman–Crippen LogP) is 1.86. The third-order valence-corrected chi connectivity index (χ3v) is 4.53. The zero-order valence-electron chi connectivity index (χ0n) is 13.4. The number of fused-ring (bicyclic) bond motifs is 1. The lowest BCUT2D eigenvalue weighted by Gasteiger charge is -2.31. The van der Waals surface area contributed by atoms with Gasteiger partial charge in [0, 0.05) is 6.54 Å². The highest BCUT2D eigenvalue weighted by molar-refractivity contribution is 5.87. The lowest BCUT2D eigenvalue weighted by molar-refractivity contribution is -0.158. The molecule has 2 atom stereocenters. The van der Waals surface area contributed by atoms with Gasteiger partial charge in [-0.1, -0.05) is 43.2 Å². The van der Waals surface area contributed by atoms with Gasteiger partial charge in [-0.2, -0.15) is 0 Å². The highest BCUT2D eigenvalue weighted by atomic mass is 16.5. The summed E-state index contributed by atoms with van der Waals surface area (Å²) in [5.41, 5.74) is 1.39. The summed E-state index contributed by atoms with van der Waals surface area (Å²) < 4.78 is 5.53. The van der Waals surface area contributed by atoms with Crippen molar-refractivity contribution >= 4 is 11.8 Å². The molecule has 124 valence electrons. The molecule has 0 aromatic heterocycles. The van der Waals surface area contributed by atoms with Crippen LogP contribution < -0.4 is 5.32 Å². The Morgan fingerprint density at radius 2 is 1.96 bits per heavy atom. The number of rotatable bonds is 8. The summed E-state index contributed by atoms with van der Waals surface area (Å²) >= 11 is 0. The molecule has 0 aliphatic carbocycles. The van der Waals surface area contributed by atoms with E-state index in [1.807, 2.05) is 6.07 Å². The van der Waals surface area contributed by atoms with Crippen molar-refractivity contribution in [2.45, 2.75) is 50.9 Å². The number of hydrogen-bond acceptors (Lipinski definition) is 3. The number of ether oxygens (including phenoxy) is 1. The Morgan fingerprint density at radius 1 is 1.17 bits per heavy atom. The molecule has 2 heterocycles. The molecule has 0 bridgehead atoms. The summed E-state index contributed by atoms with van der Waals surface area (Å²) in [5, 5.41) is 2.92. The summed E-state index contributed by atoms with van der Waals surface area (Å²) in [6.07, 6.45) is 5.36. The maximum absolute atomic E-state index is 12.0.